The van der Waals surface area contributed by atoms with Crippen LogP contribution in [0.25, 0.3) is 0 Å². The zero-order valence-corrected chi connectivity index (χ0v) is 15.0. The summed E-state index contributed by atoms with van der Waals surface area (Å²) in [6, 6.07) is 5.03. The second kappa shape index (κ2) is 9.88. The van der Waals surface area contributed by atoms with E-state index in [1.807, 2.05) is 5.32 Å². The van der Waals surface area contributed by atoms with Crippen molar-refractivity contribution in [3.8, 4) is 5.75 Å². The van der Waals surface area contributed by atoms with Crippen LogP contribution < -0.4 is 10.1 Å². The normalized spacial score (nSPS) is 12.2. The van der Waals surface area contributed by atoms with Gasteiger partial charge >= 0.3 is 5.97 Å². The average molecular weight is 387 g/mol. The van der Waals surface area contributed by atoms with E-state index in [2.05, 4.69) is 0 Å². The van der Waals surface area contributed by atoms with Crippen LogP contribution in [-0.4, -0.2) is 54.6 Å². The van der Waals surface area contributed by atoms with Gasteiger partial charge < -0.3 is 15.2 Å². The molecule has 0 fully saturated rings. The maximum Gasteiger partial charge on any atom is 0.327 e. The number of benzene rings is 1. The number of aliphatic carboxylic acids is 1. The molecule has 1 rings (SSSR count). The Balaban J connectivity index is 2.44. The molecule has 0 saturated heterocycles. The van der Waals surface area contributed by atoms with Crippen LogP contribution in [0.5, 0.6) is 5.75 Å². The summed E-state index contributed by atoms with van der Waals surface area (Å²) < 4.78 is 35.3. The zero-order valence-electron chi connectivity index (χ0n) is 14.2. The Morgan fingerprint density at radius 3 is 2.35 bits per heavy atom. The molecule has 1 aromatic rings. The van der Waals surface area contributed by atoms with Crippen LogP contribution in [0, 0.1) is 0 Å². The van der Waals surface area contributed by atoms with Crippen molar-refractivity contribution in [2.24, 2.45) is 0 Å². The van der Waals surface area contributed by atoms with Gasteiger partial charge in [0.25, 0.3) is 10.1 Å². The van der Waals surface area contributed by atoms with Gasteiger partial charge in [0.2, 0.25) is 5.91 Å². The third-order valence-electron chi connectivity index (χ3n) is 3.48. The number of hydrogen-bond donors (Lipinski definition) is 3. The number of unbranched alkanes of at least 4 members (excludes halogenated alkanes) is 1. The minimum absolute atomic E-state index is 0.0749. The summed E-state index contributed by atoms with van der Waals surface area (Å²) in [5, 5.41) is 10.9. The van der Waals surface area contributed by atoms with Crippen LogP contribution in [0.3, 0.4) is 0 Å². The Kier molecular flexibility index (Phi) is 8.20. The molecule has 0 saturated carbocycles. The van der Waals surface area contributed by atoms with E-state index in [0.717, 1.165) is 0 Å². The highest BCUT2D eigenvalue weighted by molar-refractivity contribution is 7.85. The highest BCUT2D eigenvalue weighted by Gasteiger charge is 2.25. The van der Waals surface area contributed by atoms with E-state index in [4.69, 9.17) is 14.4 Å². The Morgan fingerprint density at radius 2 is 1.77 bits per heavy atom. The quantitative estimate of drug-likeness (QED) is 0.288. The molecular weight excluding hydrogens is 366 g/mol. The summed E-state index contributed by atoms with van der Waals surface area (Å²) in [6.07, 6.45) is 0.806. The molecule has 0 aliphatic heterocycles. The number of nitrogens with one attached hydrogen (secondary N) is 1. The highest BCUT2D eigenvalue weighted by Crippen LogP contribution is 2.20. The lowest BCUT2D eigenvalue weighted by molar-refractivity contribution is -0.141. The number of hydrogen-bond acceptors (Lipinski definition) is 6. The monoisotopic (exact) mass is 387 g/mol. The molecule has 0 spiro atoms. The topological polar surface area (TPSA) is 147 Å². The van der Waals surface area contributed by atoms with Gasteiger partial charge in [-0.1, -0.05) is 12.1 Å². The van der Waals surface area contributed by atoms with Crippen LogP contribution in [0.15, 0.2) is 24.3 Å². The Morgan fingerprint density at radius 1 is 1.15 bits per heavy atom. The first-order chi connectivity index (χ1) is 12.1. The average Bonchev–Trinajstić information content (AvgIpc) is 2.56. The summed E-state index contributed by atoms with van der Waals surface area (Å²) in [7, 11) is -3.08. The number of ether oxygens (including phenoxy) is 1. The molecule has 1 aromatic carbocycles. The smallest absolute Gasteiger partial charge is 0.327 e. The minimum Gasteiger partial charge on any atom is -0.496 e. The van der Waals surface area contributed by atoms with E-state index in [1.165, 1.54) is 7.11 Å². The lowest BCUT2D eigenvalue weighted by atomic mass is 10.0. The Labute approximate surface area is 151 Å². The van der Waals surface area contributed by atoms with Crippen LogP contribution in [-0.2, 0) is 19.7 Å². The SMILES string of the molecule is COc1ccccc1C(=O)CCCCC(=O)N[C@@H](CS(=O)(=O)O)C(=O)O. The molecule has 3 N–H and O–H groups in total. The van der Waals surface area contributed by atoms with Crippen molar-refractivity contribution in [2.75, 3.05) is 12.9 Å². The Bertz CT molecular complexity index is 759. The largest absolute Gasteiger partial charge is 0.496 e. The van der Waals surface area contributed by atoms with Gasteiger partial charge in [-0.05, 0) is 25.0 Å². The predicted molar refractivity (Wildman–Crippen MR) is 91.8 cm³/mol. The molecule has 0 bridgehead atoms. The molecule has 9 nitrogen and oxygen atoms in total. The third kappa shape index (κ3) is 7.62. The first kappa shape index (κ1) is 21.6. The van der Waals surface area contributed by atoms with E-state index in [9.17, 15) is 22.8 Å². The number of carboxylic acid groups (broad SMARTS) is 1. The first-order valence-corrected chi connectivity index (χ1v) is 9.38. The van der Waals surface area contributed by atoms with E-state index >= 15 is 0 Å². The molecule has 0 radical (unpaired) electrons. The van der Waals surface area contributed by atoms with Crippen LogP contribution in [0.4, 0.5) is 0 Å². The number of amides is 1. The number of carboxylic acids is 1. The second-order valence-electron chi connectivity index (χ2n) is 5.54. The van der Waals surface area contributed by atoms with Gasteiger partial charge in [-0.25, -0.2) is 4.79 Å². The van der Waals surface area contributed by atoms with Gasteiger partial charge in [-0.3, -0.25) is 14.1 Å². The number of ketones is 1. The van der Waals surface area contributed by atoms with Gasteiger partial charge in [0.1, 0.15) is 17.5 Å². The first-order valence-electron chi connectivity index (χ1n) is 7.77. The third-order valence-corrected chi connectivity index (χ3v) is 4.23. The van der Waals surface area contributed by atoms with Crippen LogP contribution >= 0.6 is 0 Å². The molecule has 144 valence electrons. The standard InChI is InChI=1S/C16H21NO8S/c1-25-14-8-4-2-6-11(14)13(18)7-3-5-9-15(19)17-12(16(20)21)10-26(22,23)24/h2,4,6,8,12H,3,5,7,9-10H2,1H3,(H,17,19)(H,20,21)(H,22,23,24)/t12-/m0/s1. The van der Waals surface area contributed by atoms with Crippen molar-refractivity contribution in [1.82, 2.24) is 5.32 Å². The fourth-order valence-corrected chi connectivity index (χ4v) is 2.88. The fourth-order valence-electron chi connectivity index (χ4n) is 2.23. The van der Waals surface area contributed by atoms with Crippen molar-refractivity contribution < 1.29 is 37.2 Å². The van der Waals surface area contributed by atoms with Crippen molar-refractivity contribution in [1.29, 1.82) is 0 Å². The number of carbonyl (C=O) groups excluding carboxylic acids is 2. The maximum absolute atomic E-state index is 12.1. The van der Waals surface area contributed by atoms with Gasteiger partial charge in [-0.15, -0.1) is 0 Å². The van der Waals surface area contributed by atoms with Gasteiger partial charge in [0.15, 0.2) is 5.78 Å². The maximum atomic E-state index is 12.1. The summed E-state index contributed by atoms with van der Waals surface area (Å²) in [5.74, 6) is -3.03. The summed E-state index contributed by atoms with van der Waals surface area (Å²) >= 11 is 0. The van der Waals surface area contributed by atoms with Crippen LogP contribution in [0.1, 0.15) is 36.0 Å². The van der Waals surface area contributed by atoms with Gasteiger partial charge in [0, 0.05) is 12.8 Å². The number of methoxy groups -OCH3 is 1. The molecule has 1 amide bonds. The molecule has 0 aromatic heterocycles. The number of Topliss-reactive ketones (excluding diaryl/α,β-unsaturated/α-hetero) is 1. The minimum atomic E-state index is -4.54. The molecule has 10 heteroatoms. The Hall–Kier alpha value is -2.46. The summed E-state index contributed by atoms with van der Waals surface area (Å²) in [4.78, 5) is 34.7. The van der Waals surface area contributed by atoms with E-state index in [1.54, 1.807) is 24.3 Å². The van der Waals surface area contributed by atoms with E-state index < -0.39 is 33.8 Å². The molecule has 0 aliphatic carbocycles. The van der Waals surface area contributed by atoms with Crippen molar-refractivity contribution in [2.45, 2.75) is 31.7 Å². The second-order valence-corrected chi connectivity index (χ2v) is 7.03. The van der Waals surface area contributed by atoms with Crippen LogP contribution in [0.2, 0.25) is 0 Å². The molecule has 0 aliphatic rings. The molecular formula is C16H21NO8S. The fraction of sp³-hybridized carbons (Fsp3) is 0.438. The van der Waals surface area contributed by atoms with E-state index in [0.29, 0.717) is 24.2 Å². The lowest BCUT2D eigenvalue weighted by Crippen LogP contribution is -2.45. The number of para-hydroxylation sites is 1. The van der Waals surface area contributed by atoms with Crippen molar-refractivity contribution in [3.05, 3.63) is 29.8 Å². The van der Waals surface area contributed by atoms with Gasteiger partial charge in [-0.2, -0.15) is 8.42 Å². The van der Waals surface area contributed by atoms with Crippen molar-refractivity contribution in [3.63, 3.8) is 0 Å². The molecule has 1 atom stereocenters. The van der Waals surface area contributed by atoms with Crippen molar-refractivity contribution >= 4 is 27.8 Å². The molecule has 26 heavy (non-hydrogen) atoms. The zero-order chi connectivity index (χ0) is 19.7. The summed E-state index contributed by atoms with van der Waals surface area (Å²) in [6.45, 7) is 0. The molecule has 0 unspecified atom stereocenters. The molecule has 0 heterocycles. The lowest BCUT2D eigenvalue weighted by Gasteiger charge is -2.12. The van der Waals surface area contributed by atoms with E-state index in [-0.39, 0.29) is 18.6 Å². The highest BCUT2D eigenvalue weighted by atomic mass is 32.2. The summed E-state index contributed by atoms with van der Waals surface area (Å²) in [5.41, 5.74) is 0.443. The predicted octanol–water partition coefficient (Wildman–Crippen LogP) is 0.895. The van der Waals surface area contributed by atoms with Gasteiger partial charge in [0.05, 0.1) is 12.7 Å². The number of carbonyl (C=O) groups is 3. The number of rotatable bonds is 11.